The third kappa shape index (κ3) is 6.07. The van der Waals surface area contributed by atoms with Gasteiger partial charge < -0.3 is 15.7 Å². The SMILES string of the molecule is O=C(O)CC1CC(CNC(=O)c2cccc(CNc3ccccn3)c2)=CCc2ccccc21. The Hall–Kier alpha value is -3.93. The molecule has 0 aliphatic heterocycles. The minimum absolute atomic E-state index is 0.0770. The van der Waals surface area contributed by atoms with Crippen molar-refractivity contribution in [3.63, 3.8) is 0 Å². The summed E-state index contributed by atoms with van der Waals surface area (Å²) in [6, 6.07) is 21.2. The highest BCUT2D eigenvalue weighted by Crippen LogP contribution is 2.33. The number of carboxylic acid groups (broad SMARTS) is 1. The Kier molecular flexibility index (Phi) is 7.15. The Morgan fingerprint density at radius 2 is 1.85 bits per heavy atom. The molecule has 0 fully saturated rings. The number of carbonyl (C=O) groups is 2. The Labute approximate surface area is 193 Å². The summed E-state index contributed by atoms with van der Waals surface area (Å²) in [6.07, 6.45) is 5.29. The van der Waals surface area contributed by atoms with Gasteiger partial charge in [-0.15, -0.1) is 0 Å². The number of aliphatic carboxylic acids is 1. The standard InChI is InChI=1S/C27H27N3O3/c31-26(32)16-23-15-20(11-12-21-7-1-2-9-24(21)23)18-30-27(33)22-8-5-6-19(14-22)17-29-25-10-3-4-13-28-25/h1-11,13-14,23H,12,15-18H2,(H,28,29)(H,30,33)(H,31,32). The summed E-state index contributed by atoms with van der Waals surface area (Å²) >= 11 is 0. The number of allylic oxidation sites excluding steroid dienone is 1. The molecule has 3 N–H and O–H groups in total. The molecule has 1 heterocycles. The molecule has 0 saturated carbocycles. The van der Waals surface area contributed by atoms with Crippen molar-refractivity contribution in [1.82, 2.24) is 10.3 Å². The molecule has 0 bridgehead atoms. The maximum Gasteiger partial charge on any atom is 0.303 e. The number of benzene rings is 2. The third-order valence-electron chi connectivity index (χ3n) is 5.84. The molecule has 1 amide bonds. The normalized spacial score (nSPS) is 15.0. The zero-order valence-electron chi connectivity index (χ0n) is 18.3. The Morgan fingerprint density at radius 1 is 1.00 bits per heavy atom. The minimum Gasteiger partial charge on any atom is -0.481 e. The lowest BCUT2D eigenvalue weighted by molar-refractivity contribution is -0.137. The lowest BCUT2D eigenvalue weighted by Crippen LogP contribution is -2.26. The van der Waals surface area contributed by atoms with E-state index in [0.717, 1.165) is 34.5 Å². The molecule has 168 valence electrons. The number of rotatable bonds is 8. The van der Waals surface area contributed by atoms with E-state index in [1.54, 1.807) is 12.3 Å². The lowest BCUT2D eigenvalue weighted by Gasteiger charge is -2.18. The number of carboxylic acids is 1. The highest BCUT2D eigenvalue weighted by Gasteiger charge is 2.22. The van der Waals surface area contributed by atoms with Gasteiger partial charge in [-0.05, 0) is 59.7 Å². The van der Waals surface area contributed by atoms with Crippen LogP contribution in [0.1, 0.15) is 45.8 Å². The summed E-state index contributed by atoms with van der Waals surface area (Å²) in [4.78, 5) is 28.5. The molecule has 6 nitrogen and oxygen atoms in total. The molecule has 2 aromatic carbocycles. The van der Waals surface area contributed by atoms with Gasteiger partial charge in [-0.1, -0.05) is 54.1 Å². The maximum atomic E-state index is 12.8. The second-order valence-electron chi connectivity index (χ2n) is 8.22. The summed E-state index contributed by atoms with van der Waals surface area (Å²) < 4.78 is 0. The zero-order valence-corrected chi connectivity index (χ0v) is 18.3. The summed E-state index contributed by atoms with van der Waals surface area (Å²) in [6.45, 7) is 0.970. The molecule has 33 heavy (non-hydrogen) atoms. The van der Waals surface area contributed by atoms with E-state index in [1.807, 2.05) is 60.7 Å². The zero-order chi connectivity index (χ0) is 23.0. The third-order valence-corrected chi connectivity index (χ3v) is 5.84. The maximum absolute atomic E-state index is 12.8. The van der Waals surface area contributed by atoms with Gasteiger partial charge in [0.05, 0.1) is 6.42 Å². The fourth-order valence-corrected chi connectivity index (χ4v) is 4.20. The van der Waals surface area contributed by atoms with Crippen LogP contribution in [-0.4, -0.2) is 28.5 Å². The molecule has 1 aromatic heterocycles. The highest BCUT2D eigenvalue weighted by molar-refractivity contribution is 5.94. The van der Waals surface area contributed by atoms with E-state index in [-0.39, 0.29) is 18.2 Å². The molecule has 0 saturated heterocycles. The summed E-state index contributed by atoms with van der Waals surface area (Å²) in [5, 5.41) is 15.6. The van der Waals surface area contributed by atoms with Crippen LogP contribution in [0.2, 0.25) is 0 Å². The number of hydrogen-bond acceptors (Lipinski definition) is 4. The van der Waals surface area contributed by atoms with Gasteiger partial charge in [0, 0.05) is 24.8 Å². The number of pyridine rings is 1. The number of amides is 1. The van der Waals surface area contributed by atoms with Gasteiger partial charge in [-0.3, -0.25) is 9.59 Å². The predicted molar refractivity (Wildman–Crippen MR) is 128 cm³/mol. The molecule has 1 aliphatic rings. The van der Waals surface area contributed by atoms with Crippen molar-refractivity contribution in [1.29, 1.82) is 0 Å². The van der Waals surface area contributed by atoms with E-state index < -0.39 is 5.97 Å². The first-order chi connectivity index (χ1) is 16.1. The Morgan fingerprint density at radius 3 is 2.67 bits per heavy atom. The average Bonchev–Trinajstić information content (AvgIpc) is 3.01. The van der Waals surface area contributed by atoms with Crippen molar-refractivity contribution >= 4 is 17.7 Å². The number of nitrogens with one attached hydrogen (secondary N) is 2. The molecule has 6 heteroatoms. The minimum atomic E-state index is -0.809. The monoisotopic (exact) mass is 441 g/mol. The van der Waals surface area contributed by atoms with Gasteiger partial charge in [0.1, 0.15) is 5.82 Å². The number of fused-ring (bicyclic) bond motifs is 1. The van der Waals surface area contributed by atoms with Crippen LogP contribution in [0.25, 0.3) is 0 Å². The number of aromatic nitrogens is 1. The number of carbonyl (C=O) groups excluding carboxylic acids is 1. The second kappa shape index (κ2) is 10.6. The lowest BCUT2D eigenvalue weighted by atomic mass is 9.88. The van der Waals surface area contributed by atoms with Crippen LogP contribution in [0.4, 0.5) is 5.82 Å². The van der Waals surface area contributed by atoms with E-state index in [2.05, 4.69) is 21.7 Å². The van der Waals surface area contributed by atoms with Crippen LogP contribution < -0.4 is 10.6 Å². The first-order valence-corrected chi connectivity index (χ1v) is 11.1. The molecule has 1 atom stereocenters. The van der Waals surface area contributed by atoms with E-state index in [0.29, 0.717) is 25.1 Å². The van der Waals surface area contributed by atoms with Crippen molar-refractivity contribution in [2.75, 3.05) is 11.9 Å². The van der Waals surface area contributed by atoms with Crippen molar-refractivity contribution < 1.29 is 14.7 Å². The molecule has 0 spiro atoms. The molecule has 4 rings (SSSR count). The van der Waals surface area contributed by atoms with Gasteiger partial charge in [0.25, 0.3) is 5.91 Å². The van der Waals surface area contributed by atoms with Crippen molar-refractivity contribution in [2.24, 2.45) is 0 Å². The van der Waals surface area contributed by atoms with Crippen molar-refractivity contribution in [2.45, 2.75) is 31.7 Å². The van der Waals surface area contributed by atoms with Gasteiger partial charge in [-0.2, -0.15) is 0 Å². The molecular weight excluding hydrogens is 414 g/mol. The van der Waals surface area contributed by atoms with Crippen LogP contribution in [-0.2, 0) is 17.8 Å². The van der Waals surface area contributed by atoms with Crippen LogP contribution in [0.15, 0.2) is 84.6 Å². The van der Waals surface area contributed by atoms with Crippen LogP contribution in [0.5, 0.6) is 0 Å². The van der Waals surface area contributed by atoms with Crippen LogP contribution in [0.3, 0.4) is 0 Å². The number of nitrogens with zero attached hydrogens (tertiary/aromatic N) is 1. The van der Waals surface area contributed by atoms with E-state index in [9.17, 15) is 14.7 Å². The largest absolute Gasteiger partial charge is 0.481 e. The van der Waals surface area contributed by atoms with Crippen molar-refractivity contribution in [3.8, 4) is 0 Å². The van der Waals surface area contributed by atoms with Crippen molar-refractivity contribution in [3.05, 3.63) is 107 Å². The first-order valence-electron chi connectivity index (χ1n) is 11.1. The number of anilines is 1. The fourth-order valence-electron chi connectivity index (χ4n) is 4.20. The summed E-state index contributed by atoms with van der Waals surface area (Å²) in [7, 11) is 0. The topological polar surface area (TPSA) is 91.3 Å². The second-order valence-corrected chi connectivity index (χ2v) is 8.22. The average molecular weight is 442 g/mol. The molecule has 1 unspecified atom stereocenters. The van der Waals surface area contributed by atoms with Gasteiger partial charge >= 0.3 is 5.97 Å². The highest BCUT2D eigenvalue weighted by atomic mass is 16.4. The van der Waals surface area contributed by atoms with Gasteiger partial charge in [0.2, 0.25) is 0 Å². The predicted octanol–water partition coefficient (Wildman–Crippen LogP) is 4.55. The quantitative estimate of drug-likeness (QED) is 0.446. The van der Waals surface area contributed by atoms with E-state index in [4.69, 9.17) is 0 Å². The summed E-state index contributed by atoms with van der Waals surface area (Å²) in [5.74, 6) is -0.265. The van der Waals surface area contributed by atoms with Gasteiger partial charge in [-0.25, -0.2) is 4.98 Å². The fraction of sp³-hybridized carbons (Fsp3) is 0.222. The summed E-state index contributed by atoms with van der Waals surface area (Å²) in [5.41, 5.74) is 4.87. The molecule has 0 radical (unpaired) electrons. The molecular formula is C27H27N3O3. The smallest absolute Gasteiger partial charge is 0.303 e. The van der Waals surface area contributed by atoms with Gasteiger partial charge in [0.15, 0.2) is 0 Å². The first kappa shape index (κ1) is 22.3. The van der Waals surface area contributed by atoms with Crippen LogP contribution in [0, 0.1) is 0 Å². The van der Waals surface area contributed by atoms with E-state index in [1.165, 1.54) is 0 Å². The Balaban J connectivity index is 1.38. The number of hydrogen-bond donors (Lipinski definition) is 3. The van der Waals surface area contributed by atoms with E-state index >= 15 is 0 Å². The van der Waals surface area contributed by atoms with Crippen LogP contribution >= 0.6 is 0 Å². The Bertz CT molecular complexity index is 1160. The molecule has 1 aliphatic carbocycles. The molecule has 3 aromatic rings.